The van der Waals surface area contributed by atoms with Crippen molar-refractivity contribution in [3.63, 3.8) is 0 Å². The molecule has 5 aromatic carbocycles. The van der Waals surface area contributed by atoms with Gasteiger partial charge in [0.05, 0.1) is 16.4 Å². The Kier molecular flexibility index (Phi) is 10.1. The zero-order valence-electron chi connectivity index (χ0n) is 24.8. The molecule has 1 unspecified atom stereocenters. The van der Waals surface area contributed by atoms with Crippen LogP contribution in [-0.4, -0.2) is 26.3 Å². The van der Waals surface area contributed by atoms with E-state index in [-0.39, 0.29) is 28.6 Å². The molecule has 0 fully saturated rings. The van der Waals surface area contributed by atoms with E-state index in [1.807, 2.05) is 91.0 Å². The molecule has 0 bridgehead atoms. The molecule has 2 amide bonds. The van der Waals surface area contributed by atoms with Gasteiger partial charge in [-0.05, 0) is 59.2 Å². The molecule has 0 aliphatic heterocycles. The molecular formula is C36H30F3N3O4S. The van der Waals surface area contributed by atoms with E-state index in [9.17, 15) is 31.2 Å². The number of nitrogens with one attached hydrogen (secondary N) is 3. The third-order valence-corrected chi connectivity index (χ3v) is 8.72. The van der Waals surface area contributed by atoms with Crippen molar-refractivity contribution in [3.8, 4) is 0 Å². The van der Waals surface area contributed by atoms with Crippen LogP contribution >= 0.6 is 0 Å². The van der Waals surface area contributed by atoms with Crippen LogP contribution in [0.4, 0.5) is 24.5 Å². The first kappa shape index (κ1) is 33.0. The second-order valence-corrected chi connectivity index (χ2v) is 12.4. The zero-order valence-corrected chi connectivity index (χ0v) is 25.6. The van der Waals surface area contributed by atoms with Crippen molar-refractivity contribution in [2.75, 3.05) is 10.0 Å². The highest BCUT2D eigenvalue weighted by Gasteiger charge is 2.31. The van der Waals surface area contributed by atoms with Crippen molar-refractivity contribution in [3.05, 3.63) is 162 Å². The summed E-state index contributed by atoms with van der Waals surface area (Å²) in [6.45, 7) is 0. The monoisotopic (exact) mass is 657 g/mol. The Balaban J connectivity index is 1.34. The van der Waals surface area contributed by atoms with Gasteiger partial charge in [0.1, 0.15) is 6.04 Å². The van der Waals surface area contributed by atoms with Crippen LogP contribution in [0.3, 0.4) is 0 Å². The predicted molar refractivity (Wildman–Crippen MR) is 174 cm³/mol. The van der Waals surface area contributed by atoms with Crippen molar-refractivity contribution >= 4 is 33.2 Å². The summed E-state index contributed by atoms with van der Waals surface area (Å²) < 4.78 is 67.2. The minimum atomic E-state index is -4.64. The number of amides is 2. The number of benzene rings is 5. The number of alkyl halides is 3. The summed E-state index contributed by atoms with van der Waals surface area (Å²) in [5.41, 5.74) is 1.33. The summed E-state index contributed by atoms with van der Waals surface area (Å²) in [5.74, 6) is -1.59. The van der Waals surface area contributed by atoms with Crippen LogP contribution in [0.15, 0.2) is 144 Å². The van der Waals surface area contributed by atoms with E-state index < -0.39 is 39.6 Å². The van der Waals surface area contributed by atoms with E-state index in [0.29, 0.717) is 6.07 Å². The van der Waals surface area contributed by atoms with Gasteiger partial charge in [0, 0.05) is 17.8 Å². The molecule has 5 rings (SSSR count). The number of rotatable bonds is 11. The number of halogens is 3. The van der Waals surface area contributed by atoms with Crippen LogP contribution < -0.4 is 15.4 Å². The fourth-order valence-electron chi connectivity index (χ4n) is 5.02. The molecule has 0 saturated heterocycles. The summed E-state index contributed by atoms with van der Waals surface area (Å²) in [5, 5.41) is 5.67. The van der Waals surface area contributed by atoms with Crippen molar-refractivity contribution in [1.82, 2.24) is 5.32 Å². The van der Waals surface area contributed by atoms with Gasteiger partial charge < -0.3 is 10.6 Å². The molecule has 0 aromatic heterocycles. The maximum atomic E-state index is 13.9. The van der Waals surface area contributed by atoms with Crippen molar-refractivity contribution in [2.24, 2.45) is 0 Å². The van der Waals surface area contributed by atoms with Crippen molar-refractivity contribution in [2.45, 2.75) is 29.5 Å². The fourth-order valence-corrected chi connectivity index (χ4v) is 6.07. The van der Waals surface area contributed by atoms with Gasteiger partial charge in [-0.25, -0.2) is 8.42 Å². The largest absolute Gasteiger partial charge is 0.416 e. The highest BCUT2D eigenvalue weighted by molar-refractivity contribution is 7.92. The number of carbonyl (C=O) groups is 2. The standard InChI is InChI=1S/C36H30F3N3O4S/c37-36(38,39)28-17-10-18-30(24-28)42-47(45,46)31-21-19-29(20-22-31)40-34(43)32(23-25-11-4-1-5-12-25)41-35(44)33(26-13-6-2-7-14-26)27-15-8-3-9-16-27/h1-22,24,32-33,42H,23H2,(H,40,43)(H,41,44). The molecule has 47 heavy (non-hydrogen) atoms. The molecule has 0 saturated carbocycles. The quantitative estimate of drug-likeness (QED) is 0.142. The predicted octanol–water partition coefficient (Wildman–Crippen LogP) is 7.00. The number of anilines is 2. The SMILES string of the molecule is O=C(Nc1ccc(S(=O)(=O)Nc2cccc(C(F)(F)F)c2)cc1)C(Cc1ccccc1)NC(=O)C(c1ccccc1)c1ccccc1. The van der Waals surface area contributed by atoms with Gasteiger partial charge in [0.25, 0.3) is 10.0 Å². The Morgan fingerprint density at radius 2 is 1.19 bits per heavy atom. The third kappa shape index (κ3) is 8.65. The molecule has 0 heterocycles. The molecule has 0 aliphatic carbocycles. The van der Waals surface area contributed by atoms with Gasteiger partial charge in [-0.2, -0.15) is 13.2 Å². The van der Waals surface area contributed by atoms with Gasteiger partial charge in [-0.1, -0.05) is 97.1 Å². The number of carbonyl (C=O) groups excluding carboxylic acids is 2. The van der Waals surface area contributed by atoms with E-state index in [4.69, 9.17) is 0 Å². The first-order valence-corrected chi connectivity index (χ1v) is 16.0. The van der Waals surface area contributed by atoms with E-state index in [0.717, 1.165) is 28.8 Å². The van der Waals surface area contributed by atoms with Crippen LogP contribution in [0.2, 0.25) is 0 Å². The molecule has 0 radical (unpaired) electrons. The maximum Gasteiger partial charge on any atom is 0.416 e. The Bertz CT molecular complexity index is 1880. The summed E-state index contributed by atoms with van der Waals surface area (Å²) in [6.07, 6.45) is -4.45. The second kappa shape index (κ2) is 14.3. The summed E-state index contributed by atoms with van der Waals surface area (Å²) >= 11 is 0. The number of hydrogen-bond donors (Lipinski definition) is 3. The molecule has 0 spiro atoms. The molecule has 11 heteroatoms. The Morgan fingerprint density at radius 3 is 1.74 bits per heavy atom. The lowest BCUT2D eigenvalue weighted by molar-refractivity contribution is -0.137. The Labute approximate surface area is 270 Å². The minimum absolute atomic E-state index is 0.183. The summed E-state index contributed by atoms with van der Waals surface area (Å²) in [6, 6.07) is 35.7. The van der Waals surface area contributed by atoms with E-state index >= 15 is 0 Å². The summed E-state index contributed by atoms with van der Waals surface area (Å²) in [7, 11) is -4.24. The van der Waals surface area contributed by atoms with E-state index in [2.05, 4.69) is 15.4 Å². The van der Waals surface area contributed by atoms with Crippen molar-refractivity contribution < 1.29 is 31.2 Å². The molecule has 240 valence electrons. The van der Waals surface area contributed by atoms with Gasteiger partial charge in [0.2, 0.25) is 11.8 Å². The zero-order chi connectivity index (χ0) is 33.4. The Morgan fingerprint density at radius 1 is 0.638 bits per heavy atom. The Hall–Kier alpha value is -5.42. The maximum absolute atomic E-state index is 13.9. The lowest BCUT2D eigenvalue weighted by Gasteiger charge is -2.23. The first-order valence-electron chi connectivity index (χ1n) is 14.5. The van der Waals surface area contributed by atoms with Gasteiger partial charge in [-0.15, -0.1) is 0 Å². The van der Waals surface area contributed by atoms with Crippen LogP contribution in [0.1, 0.15) is 28.2 Å². The average Bonchev–Trinajstić information content (AvgIpc) is 3.06. The smallest absolute Gasteiger partial charge is 0.343 e. The topological polar surface area (TPSA) is 104 Å². The molecule has 1 atom stereocenters. The van der Waals surface area contributed by atoms with Gasteiger partial charge in [-0.3, -0.25) is 14.3 Å². The number of sulfonamides is 1. The van der Waals surface area contributed by atoms with Crippen LogP contribution in [0.25, 0.3) is 0 Å². The molecule has 7 nitrogen and oxygen atoms in total. The van der Waals surface area contributed by atoms with Gasteiger partial charge in [0.15, 0.2) is 0 Å². The van der Waals surface area contributed by atoms with E-state index in [1.165, 1.54) is 30.3 Å². The fraction of sp³-hybridized carbons (Fsp3) is 0.111. The first-order chi connectivity index (χ1) is 22.5. The highest BCUT2D eigenvalue weighted by atomic mass is 32.2. The van der Waals surface area contributed by atoms with E-state index in [1.54, 1.807) is 0 Å². The van der Waals surface area contributed by atoms with Crippen molar-refractivity contribution in [1.29, 1.82) is 0 Å². The molecule has 0 aliphatic rings. The minimum Gasteiger partial charge on any atom is -0.343 e. The van der Waals surface area contributed by atoms with Gasteiger partial charge >= 0.3 is 6.18 Å². The molecular weight excluding hydrogens is 627 g/mol. The lowest BCUT2D eigenvalue weighted by Crippen LogP contribution is -2.47. The highest BCUT2D eigenvalue weighted by Crippen LogP contribution is 2.31. The number of hydrogen-bond acceptors (Lipinski definition) is 4. The molecule has 5 aromatic rings. The summed E-state index contributed by atoms with van der Waals surface area (Å²) in [4.78, 5) is 27.3. The second-order valence-electron chi connectivity index (χ2n) is 10.7. The third-order valence-electron chi connectivity index (χ3n) is 7.32. The van der Waals surface area contributed by atoms with Crippen LogP contribution in [-0.2, 0) is 32.2 Å². The lowest BCUT2D eigenvalue weighted by atomic mass is 9.90. The average molecular weight is 658 g/mol. The molecule has 3 N–H and O–H groups in total. The van der Waals surface area contributed by atoms with Crippen LogP contribution in [0, 0.1) is 0 Å². The van der Waals surface area contributed by atoms with Crippen LogP contribution in [0.5, 0.6) is 0 Å². The normalized spacial score (nSPS) is 12.3.